The summed E-state index contributed by atoms with van der Waals surface area (Å²) in [6, 6.07) is 8.83. The van der Waals surface area contributed by atoms with Crippen LogP contribution in [-0.4, -0.2) is 25.2 Å². The lowest BCUT2D eigenvalue weighted by Crippen LogP contribution is -2.40. The molecule has 0 radical (unpaired) electrons. The Morgan fingerprint density at radius 2 is 1.67 bits per heavy atom. The lowest BCUT2D eigenvalue weighted by molar-refractivity contribution is 0.0657. The first kappa shape index (κ1) is 20.2. The van der Waals surface area contributed by atoms with Crippen molar-refractivity contribution in [3.8, 4) is 0 Å². The molecule has 0 fully saturated rings. The lowest BCUT2D eigenvalue weighted by atomic mass is 10.1. The number of nitrogens with zero attached hydrogens (tertiary/aromatic N) is 1. The van der Waals surface area contributed by atoms with Crippen molar-refractivity contribution in [3.05, 3.63) is 35.4 Å². The number of ether oxygens (including phenoxy) is 1. The Kier molecular flexibility index (Phi) is 10.4. The van der Waals surface area contributed by atoms with E-state index in [9.17, 15) is 0 Å². The minimum Gasteiger partial charge on any atom is -0.374 e. The molecule has 0 aliphatic rings. The Morgan fingerprint density at radius 1 is 1.10 bits per heavy atom. The van der Waals surface area contributed by atoms with E-state index in [2.05, 4.69) is 53.7 Å². The Bertz CT molecular complexity index is 416. The van der Waals surface area contributed by atoms with Crippen LogP contribution in [0.15, 0.2) is 29.3 Å². The van der Waals surface area contributed by atoms with Crippen molar-refractivity contribution in [2.24, 2.45) is 4.99 Å². The number of hydrogen-bond acceptors (Lipinski definition) is 2. The standard InChI is InChI=1S/C16H27N3O.HI/c1-12(2)19-16(17-5)18-10-14-6-8-15(9-7-14)11-20-13(3)4;/h6-9,12-13H,10-11H2,1-5H3,(H2,17,18,19);1H. The molecule has 0 unspecified atom stereocenters. The Balaban J connectivity index is 0.00000400. The summed E-state index contributed by atoms with van der Waals surface area (Å²) >= 11 is 0. The fourth-order valence-corrected chi connectivity index (χ4v) is 1.67. The molecule has 0 saturated heterocycles. The average molecular weight is 405 g/mol. The van der Waals surface area contributed by atoms with Crippen LogP contribution in [0, 0.1) is 0 Å². The fourth-order valence-electron chi connectivity index (χ4n) is 1.67. The van der Waals surface area contributed by atoms with Crippen molar-refractivity contribution in [1.82, 2.24) is 10.6 Å². The van der Waals surface area contributed by atoms with Gasteiger partial charge in [0.15, 0.2) is 5.96 Å². The zero-order valence-electron chi connectivity index (χ0n) is 13.6. The highest BCUT2D eigenvalue weighted by Gasteiger charge is 2.01. The number of halogens is 1. The Morgan fingerprint density at radius 3 is 2.14 bits per heavy atom. The van der Waals surface area contributed by atoms with E-state index in [1.807, 2.05) is 13.8 Å². The maximum atomic E-state index is 5.58. The molecule has 0 atom stereocenters. The second-order valence-corrected chi connectivity index (χ2v) is 5.40. The number of rotatable bonds is 6. The Labute approximate surface area is 145 Å². The molecule has 0 saturated carbocycles. The molecule has 0 amide bonds. The molecule has 0 bridgehead atoms. The van der Waals surface area contributed by atoms with E-state index in [4.69, 9.17) is 4.74 Å². The van der Waals surface area contributed by atoms with Crippen LogP contribution < -0.4 is 10.6 Å². The van der Waals surface area contributed by atoms with Crippen LogP contribution in [0.1, 0.15) is 38.8 Å². The molecule has 0 heterocycles. The maximum absolute atomic E-state index is 5.58. The molecular weight excluding hydrogens is 377 g/mol. The maximum Gasteiger partial charge on any atom is 0.191 e. The molecule has 0 spiro atoms. The van der Waals surface area contributed by atoms with Gasteiger partial charge in [-0.2, -0.15) is 0 Å². The van der Waals surface area contributed by atoms with E-state index in [-0.39, 0.29) is 30.1 Å². The summed E-state index contributed by atoms with van der Waals surface area (Å²) in [5.74, 6) is 0.826. The molecule has 2 N–H and O–H groups in total. The molecule has 21 heavy (non-hydrogen) atoms. The summed E-state index contributed by atoms with van der Waals surface area (Å²) in [6.07, 6.45) is 0.266. The van der Waals surface area contributed by atoms with Gasteiger partial charge in [0.05, 0.1) is 12.7 Å². The van der Waals surface area contributed by atoms with Gasteiger partial charge in [0, 0.05) is 19.6 Å². The molecule has 1 aromatic rings. The molecule has 0 aliphatic carbocycles. The molecule has 5 heteroatoms. The monoisotopic (exact) mass is 405 g/mol. The molecule has 1 rings (SSSR count). The minimum atomic E-state index is 0. The van der Waals surface area contributed by atoms with E-state index < -0.39 is 0 Å². The smallest absolute Gasteiger partial charge is 0.191 e. The van der Waals surface area contributed by atoms with Crippen LogP contribution >= 0.6 is 24.0 Å². The number of aliphatic imine (C=N–C) groups is 1. The summed E-state index contributed by atoms with van der Waals surface area (Å²) in [5, 5.41) is 6.56. The van der Waals surface area contributed by atoms with Crippen molar-refractivity contribution in [2.75, 3.05) is 7.05 Å². The van der Waals surface area contributed by atoms with Gasteiger partial charge >= 0.3 is 0 Å². The third-order valence-corrected chi connectivity index (χ3v) is 2.72. The molecule has 1 aromatic carbocycles. The van der Waals surface area contributed by atoms with Crippen LogP contribution in [0.3, 0.4) is 0 Å². The summed E-state index contributed by atoms with van der Waals surface area (Å²) < 4.78 is 5.58. The summed E-state index contributed by atoms with van der Waals surface area (Å²) in [7, 11) is 1.78. The number of hydrogen-bond donors (Lipinski definition) is 2. The van der Waals surface area contributed by atoms with Gasteiger partial charge in [-0.1, -0.05) is 24.3 Å². The van der Waals surface area contributed by atoms with Crippen LogP contribution in [-0.2, 0) is 17.9 Å². The summed E-state index contributed by atoms with van der Waals surface area (Å²) in [4.78, 5) is 4.18. The Hall–Kier alpha value is -0.820. The fraction of sp³-hybridized carbons (Fsp3) is 0.562. The highest BCUT2D eigenvalue weighted by molar-refractivity contribution is 14.0. The predicted molar refractivity (Wildman–Crippen MR) is 100 cm³/mol. The average Bonchev–Trinajstić information content (AvgIpc) is 2.41. The SMILES string of the molecule is CN=C(NCc1ccc(COC(C)C)cc1)NC(C)C.I. The number of nitrogens with one attached hydrogen (secondary N) is 2. The van der Waals surface area contributed by atoms with Gasteiger partial charge in [-0.25, -0.2) is 0 Å². The van der Waals surface area contributed by atoms with Gasteiger partial charge in [0.1, 0.15) is 0 Å². The van der Waals surface area contributed by atoms with Crippen molar-refractivity contribution in [1.29, 1.82) is 0 Å². The summed E-state index contributed by atoms with van der Waals surface area (Å²) in [6.45, 7) is 9.71. The normalized spacial score (nSPS) is 11.5. The predicted octanol–water partition coefficient (Wildman–Crippen LogP) is 3.30. The highest BCUT2D eigenvalue weighted by Crippen LogP contribution is 2.07. The van der Waals surface area contributed by atoms with Crippen LogP contribution in [0.5, 0.6) is 0 Å². The first-order valence-corrected chi connectivity index (χ1v) is 7.18. The quantitative estimate of drug-likeness (QED) is 0.434. The lowest BCUT2D eigenvalue weighted by Gasteiger charge is -2.14. The van der Waals surface area contributed by atoms with Crippen LogP contribution in [0.2, 0.25) is 0 Å². The van der Waals surface area contributed by atoms with Crippen molar-refractivity contribution in [2.45, 2.75) is 53.0 Å². The van der Waals surface area contributed by atoms with Gasteiger partial charge in [-0.05, 0) is 38.8 Å². The third-order valence-electron chi connectivity index (χ3n) is 2.72. The van der Waals surface area contributed by atoms with Crippen molar-refractivity contribution in [3.63, 3.8) is 0 Å². The molecule has 0 aromatic heterocycles. The minimum absolute atomic E-state index is 0. The van der Waals surface area contributed by atoms with Gasteiger partial charge in [0.25, 0.3) is 0 Å². The first-order chi connectivity index (χ1) is 9.51. The van der Waals surface area contributed by atoms with Gasteiger partial charge in [0.2, 0.25) is 0 Å². The number of guanidine groups is 1. The largest absolute Gasteiger partial charge is 0.374 e. The molecular formula is C16H28IN3O. The van der Waals surface area contributed by atoms with Gasteiger partial charge in [-0.3, -0.25) is 4.99 Å². The third kappa shape index (κ3) is 8.93. The van der Waals surface area contributed by atoms with E-state index >= 15 is 0 Å². The van der Waals surface area contributed by atoms with Crippen LogP contribution in [0.25, 0.3) is 0 Å². The van der Waals surface area contributed by atoms with Gasteiger partial charge in [-0.15, -0.1) is 24.0 Å². The molecule has 120 valence electrons. The van der Waals surface area contributed by atoms with Crippen molar-refractivity contribution >= 4 is 29.9 Å². The number of benzene rings is 1. The zero-order chi connectivity index (χ0) is 15.0. The van der Waals surface area contributed by atoms with E-state index in [1.165, 1.54) is 11.1 Å². The highest BCUT2D eigenvalue weighted by atomic mass is 127. The van der Waals surface area contributed by atoms with Crippen molar-refractivity contribution < 1.29 is 4.74 Å². The second-order valence-electron chi connectivity index (χ2n) is 5.40. The van der Waals surface area contributed by atoms with E-state index in [0.717, 1.165) is 12.5 Å². The first-order valence-electron chi connectivity index (χ1n) is 7.18. The zero-order valence-corrected chi connectivity index (χ0v) is 16.0. The molecule has 0 aliphatic heterocycles. The topological polar surface area (TPSA) is 45.7 Å². The van der Waals surface area contributed by atoms with E-state index in [1.54, 1.807) is 7.05 Å². The van der Waals surface area contributed by atoms with E-state index in [0.29, 0.717) is 12.6 Å². The second kappa shape index (κ2) is 10.8. The van der Waals surface area contributed by atoms with Crippen LogP contribution in [0.4, 0.5) is 0 Å². The molecule has 4 nitrogen and oxygen atoms in total. The van der Waals surface area contributed by atoms with Gasteiger partial charge < -0.3 is 15.4 Å². The summed E-state index contributed by atoms with van der Waals surface area (Å²) in [5.41, 5.74) is 2.43.